The molecular weight excluding hydrogens is 478 g/mol. The zero-order valence-corrected chi connectivity index (χ0v) is 22.0. The number of tetrazole rings is 1. The first-order valence-electron chi connectivity index (χ1n) is 13.3. The van der Waals surface area contributed by atoms with Crippen molar-refractivity contribution in [2.45, 2.75) is 69.9 Å². The molecule has 2 amide bonds. The Morgan fingerprint density at radius 3 is 2.66 bits per heavy atom. The number of carbonyl (C=O) groups excluding carboxylic acids is 2. The van der Waals surface area contributed by atoms with Gasteiger partial charge in [-0.3, -0.25) is 9.59 Å². The number of rotatable bonds is 7. The number of amides is 2. The van der Waals surface area contributed by atoms with Gasteiger partial charge >= 0.3 is 0 Å². The molecule has 0 bridgehead atoms. The van der Waals surface area contributed by atoms with Gasteiger partial charge in [0, 0.05) is 29.8 Å². The van der Waals surface area contributed by atoms with Crippen molar-refractivity contribution in [2.24, 2.45) is 5.73 Å². The zero-order chi connectivity index (χ0) is 26.7. The molecule has 0 saturated heterocycles. The molecule has 1 unspecified atom stereocenters. The Kier molecular flexibility index (Phi) is 7.37. The molecule has 0 spiro atoms. The number of aromatic amines is 1. The van der Waals surface area contributed by atoms with Crippen LogP contribution in [0.2, 0.25) is 0 Å². The van der Waals surface area contributed by atoms with Crippen LogP contribution in [0.15, 0.2) is 60.2 Å². The molecule has 9 nitrogen and oxygen atoms in total. The fourth-order valence-electron chi connectivity index (χ4n) is 5.52. The van der Waals surface area contributed by atoms with Gasteiger partial charge in [-0.15, -0.1) is 10.2 Å². The summed E-state index contributed by atoms with van der Waals surface area (Å²) in [6, 6.07) is 15.7. The number of nitrogens with zero attached hydrogens (tertiary/aromatic N) is 4. The van der Waals surface area contributed by atoms with E-state index in [-0.39, 0.29) is 18.2 Å². The number of carbonyl (C=O) groups is 2. The van der Waals surface area contributed by atoms with E-state index in [9.17, 15) is 9.59 Å². The van der Waals surface area contributed by atoms with Crippen LogP contribution in [-0.2, 0) is 16.0 Å². The van der Waals surface area contributed by atoms with E-state index in [1.165, 1.54) is 11.1 Å². The minimum Gasteiger partial charge on any atom is -0.344 e. The Hall–Kier alpha value is -3.85. The number of benzene rings is 2. The van der Waals surface area contributed by atoms with Crippen molar-refractivity contribution in [3.8, 4) is 11.4 Å². The van der Waals surface area contributed by atoms with E-state index in [1.807, 2.05) is 55.1 Å². The average molecular weight is 514 g/mol. The summed E-state index contributed by atoms with van der Waals surface area (Å²) >= 11 is 0. The van der Waals surface area contributed by atoms with E-state index in [2.05, 4.69) is 44.1 Å². The van der Waals surface area contributed by atoms with Gasteiger partial charge in [-0.2, -0.15) is 5.21 Å². The van der Waals surface area contributed by atoms with Crippen LogP contribution in [0.4, 0.5) is 5.69 Å². The average Bonchev–Trinajstić information content (AvgIpc) is 3.40. The van der Waals surface area contributed by atoms with Crippen molar-refractivity contribution in [2.75, 3.05) is 11.4 Å². The summed E-state index contributed by atoms with van der Waals surface area (Å²) in [5.74, 6) is 0.686. The lowest BCUT2D eigenvalue weighted by Crippen LogP contribution is -2.50. The summed E-state index contributed by atoms with van der Waals surface area (Å²) in [7, 11) is 0. The molecule has 4 N–H and O–H groups in total. The van der Waals surface area contributed by atoms with Gasteiger partial charge in [0.15, 0.2) is 0 Å². The topological polar surface area (TPSA) is 130 Å². The van der Waals surface area contributed by atoms with E-state index in [0.717, 1.165) is 42.5 Å². The number of para-hydroxylation sites is 1. The fraction of sp³-hybridized carbons (Fsp3) is 0.414. The number of anilines is 1. The van der Waals surface area contributed by atoms with Crippen LogP contribution < -0.4 is 16.0 Å². The molecule has 2 aliphatic rings. The van der Waals surface area contributed by atoms with Gasteiger partial charge in [-0.25, -0.2) is 0 Å². The Balaban J connectivity index is 1.34. The number of fused-ring (bicyclic) bond motifs is 1. The number of H-pyrrole nitrogens is 1. The second-order valence-electron chi connectivity index (χ2n) is 11.0. The summed E-state index contributed by atoms with van der Waals surface area (Å²) in [4.78, 5) is 28.3. The lowest BCUT2D eigenvalue weighted by molar-refractivity contribution is -0.128. The normalized spacial score (nSPS) is 19.9. The SMILES string of the molecule is CC(C)(N)CC(=O)N[C@@H]1CCc2ccccc2N(CC2=CCC(c3ccccc3-c3nn[nH]n3)CC2)C1=O. The first-order valence-corrected chi connectivity index (χ1v) is 13.3. The maximum Gasteiger partial charge on any atom is 0.249 e. The van der Waals surface area contributed by atoms with Crippen molar-refractivity contribution in [3.63, 3.8) is 0 Å². The molecule has 0 radical (unpaired) electrons. The molecule has 2 atom stereocenters. The van der Waals surface area contributed by atoms with Crippen LogP contribution in [-0.4, -0.2) is 50.6 Å². The molecule has 2 aromatic carbocycles. The van der Waals surface area contributed by atoms with E-state index in [0.29, 0.717) is 24.7 Å². The highest BCUT2D eigenvalue weighted by atomic mass is 16.2. The maximum absolute atomic E-state index is 13.8. The van der Waals surface area contributed by atoms with Crippen LogP contribution in [0.1, 0.15) is 63.0 Å². The van der Waals surface area contributed by atoms with Crippen LogP contribution in [0.25, 0.3) is 11.4 Å². The molecule has 38 heavy (non-hydrogen) atoms. The highest BCUT2D eigenvalue weighted by Gasteiger charge is 2.33. The largest absolute Gasteiger partial charge is 0.344 e. The molecule has 3 aromatic rings. The number of aryl methyl sites for hydroxylation is 1. The smallest absolute Gasteiger partial charge is 0.249 e. The molecule has 1 aromatic heterocycles. The second kappa shape index (κ2) is 10.9. The standard InChI is InChI=1S/C29H35N7O2/c1-29(2,30)17-26(37)31-24-16-15-21-7-3-6-10-25(21)36(28(24)38)18-19-11-13-20(14-12-19)22-8-4-5-9-23(22)27-32-34-35-33-27/h3-11,20,24H,12-18,30H2,1-2H3,(H,31,37)(H,32,33,34,35)/t20?,24-/m1/s1. The van der Waals surface area contributed by atoms with Crippen LogP contribution in [0, 0.1) is 0 Å². The van der Waals surface area contributed by atoms with Gasteiger partial charge in [0.25, 0.3) is 0 Å². The van der Waals surface area contributed by atoms with Gasteiger partial charge < -0.3 is 16.0 Å². The van der Waals surface area contributed by atoms with Crippen LogP contribution >= 0.6 is 0 Å². The number of aromatic nitrogens is 4. The molecule has 9 heteroatoms. The highest BCUT2D eigenvalue weighted by Crippen LogP contribution is 2.37. The quantitative estimate of drug-likeness (QED) is 0.414. The third kappa shape index (κ3) is 5.83. The number of nitrogens with one attached hydrogen (secondary N) is 2. The predicted molar refractivity (Wildman–Crippen MR) is 146 cm³/mol. The van der Waals surface area contributed by atoms with Crippen molar-refractivity contribution in [1.29, 1.82) is 0 Å². The van der Waals surface area contributed by atoms with E-state index in [4.69, 9.17) is 5.73 Å². The Labute approximate surface area is 222 Å². The molecule has 1 aliphatic carbocycles. The van der Waals surface area contributed by atoms with Crippen molar-refractivity contribution < 1.29 is 9.59 Å². The van der Waals surface area contributed by atoms with E-state index < -0.39 is 11.6 Å². The molecule has 5 rings (SSSR count). The number of hydrogen-bond acceptors (Lipinski definition) is 6. The van der Waals surface area contributed by atoms with E-state index in [1.54, 1.807) is 0 Å². The van der Waals surface area contributed by atoms with Gasteiger partial charge in [-0.05, 0) is 74.3 Å². The summed E-state index contributed by atoms with van der Waals surface area (Å²) < 4.78 is 0. The fourth-order valence-corrected chi connectivity index (χ4v) is 5.52. The first kappa shape index (κ1) is 25.8. The summed E-state index contributed by atoms with van der Waals surface area (Å²) in [6.45, 7) is 4.14. The highest BCUT2D eigenvalue weighted by molar-refractivity contribution is 6.00. The molecule has 198 valence electrons. The predicted octanol–water partition coefficient (Wildman–Crippen LogP) is 3.65. The van der Waals surface area contributed by atoms with Gasteiger partial charge in [0.2, 0.25) is 17.6 Å². The van der Waals surface area contributed by atoms with Crippen molar-refractivity contribution >= 4 is 17.5 Å². The molecular formula is C29H35N7O2. The van der Waals surface area contributed by atoms with E-state index >= 15 is 0 Å². The molecule has 0 fully saturated rings. The van der Waals surface area contributed by atoms with Crippen molar-refractivity contribution in [1.82, 2.24) is 25.9 Å². The summed E-state index contributed by atoms with van der Waals surface area (Å²) in [6.07, 6.45) is 6.46. The lowest BCUT2D eigenvalue weighted by Gasteiger charge is -2.30. The zero-order valence-electron chi connectivity index (χ0n) is 22.0. The Morgan fingerprint density at radius 1 is 1.13 bits per heavy atom. The summed E-state index contributed by atoms with van der Waals surface area (Å²) in [5.41, 5.74) is 10.9. The number of hydrogen-bond donors (Lipinski definition) is 3. The molecule has 2 heterocycles. The lowest BCUT2D eigenvalue weighted by atomic mass is 9.82. The maximum atomic E-state index is 13.8. The monoisotopic (exact) mass is 513 g/mol. The summed E-state index contributed by atoms with van der Waals surface area (Å²) in [5, 5.41) is 17.6. The van der Waals surface area contributed by atoms with Crippen molar-refractivity contribution in [3.05, 3.63) is 71.3 Å². The number of nitrogens with two attached hydrogens (primary N) is 1. The minimum atomic E-state index is -0.633. The second-order valence-corrected chi connectivity index (χ2v) is 11.0. The van der Waals surface area contributed by atoms with Gasteiger partial charge in [-0.1, -0.05) is 54.1 Å². The minimum absolute atomic E-state index is 0.0661. The Bertz CT molecular complexity index is 1330. The molecule has 0 saturated carbocycles. The van der Waals surface area contributed by atoms with Crippen LogP contribution in [0.3, 0.4) is 0 Å². The molecule has 1 aliphatic heterocycles. The van der Waals surface area contributed by atoms with Gasteiger partial charge in [0.05, 0.1) is 0 Å². The number of allylic oxidation sites excluding steroid dienone is 1. The van der Waals surface area contributed by atoms with Crippen LogP contribution in [0.5, 0.6) is 0 Å². The Morgan fingerprint density at radius 2 is 1.92 bits per heavy atom. The third-order valence-electron chi connectivity index (χ3n) is 7.35. The first-order chi connectivity index (χ1) is 18.3. The third-order valence-corrected chi connectivity index (χ3v) is 7.35. The van der Waals surface area contributed by atoms with Gasteiger partial charge in [0.1, 0.15) is 6.04 Å².